The maximum Gasteiger partial charge on any atom is 2.00 e. The van der Waals surface area contributed by atoms with E-state index in [1.54, 1.807) is 0 Å². The molecule has 52 valence electrons. The molecule has 0 nitrogen and oxygen atoms in total. The fraction of sp³-hybridized carbons (Fsp3) is 0.800. The maximum absolute atomic E-state index is 5.39. The molecule has 0 spiro atoms. The third-order valence-electron chi connectivity index (χ3n) is 0.672. The molecule has 0 aliphatic carbocycles. The first-order valence-corrected chi connectivity index (χ1v) is 3.22. The zero-order chi connectivity index (χ0) is 5.70. The van der Waals surface area contributed by atoms with Crippen LogP contribution in [0.1, 0.15) is 19.3 Å². The Morgan fingerprint density at radius 1 is 1.33 bits per heavy atom. The van der Waals surface area contributed by atoms with Crippen molar-refractivity contribution >= 4 is 46.3 Å². The van der Waals surface area contributed by atoms with Crippen LogP contribution in [0.4, 0.5) is 0 Å². The van der Waals surface area contributed by atoms with Crippen LogP contribution in [0, 0.1) is 6.92 Å². The third-order valence-corrected chi connectivity index (χ3v) is 1.11. The van der Waals surface area contributed by atoms with E-state index in [2.05, 4.69) is 6.92 Å². The smallest absolute Gasteiger partial charge is 1.00 e. The second-order valence-electron chi connectivity index (χ2n) is 1.39. The Hall–Kier alpha value is 1.83. The van der Waals surface area contributed by atoms with Crippen LogP contribution in [0.5, 0.6) is 0 Å². The summed E-state index contributed by atoms with van der Waals surface area (Å²) in [7, 11) is 0. The van der Waals surface area contributed by atoms with Gasteiger partial charge in [0.05, 0.1) is 0 Å². The Balaban J connectivity index is -0.000000180. The summed E-state index contributed by atoms with van der Waals surface area (Å²) in [5.74, 6) is 0. The first-order valence-electron chi connectivity index (χ1n) is 2.34. The predicted molar refractivity (Wildman–Crippen MR) is 40.5 cm³/mol. The van der Waals surface area contributed by atoms with E-state index < -0.39 is 0 Å². The number of hydrogen-bond donors (Lipinski definition) is 0. The van der Waals surface area contributed by atoms with Crippen molar-refractivity contribution in [1.82, 2.24) is 0 Å². The first-order chi connectivity index (χ1) is 3.27. The van der Waals surface area contributed by atoms with Gasteiger partial charge in [0.25, 0.3) is 0 Å². The minimum Gasteiger partial charge on any atom is -1.00 e. The molecular formula is C5H9BrCl2Mg. The number of hydrogen-bond acceptors (Lipinski definition) is 0. The van der Waals surface area contributed by atoms with Crippen molar-refractivity contribution in [2.24, 2.45) is 0 Å². The van der Waals surface area contributed by atoms with Gasteiger partial charge >= 0.3 is 23.1 Å². The molecule has 9 heavy (non-hydrogen) atoms. The molecule has 0 fully saturated rings. The second kappa shape index (κ2) is 12.5. The quantitative estimate of drug-likeness (QED) is 0.354. The van der Waals surface area contributed by atoms with Gasteiger partial charge in [-0.3, -0.25) is 0 Å². The van der Waals surface area contributed by atoms with E-state index in [1.165, 1.54) is 0 Å². The standard InChI is InChI=1S/C5H9Cl2.BrH.Mg/c1-2-3-4-5(6)7;;/h5H,1-4H2;1H;/q-1;;+2/p-1. The van der Waals surface area contributed by atoms with Gasteiger partial charge in [0.2, 0.25) is 0 Å². The van der Waals surface area contributed by atoms with Crippen LogP contribution in [0.3, 0.4) is 0 Å². The van der Waals surface area contributed by atoms with Gasteiger partial charge in [-0.05, 0) is 6.42 Å². The van der Waals surface area contributed by atoms with Crippen molar-refractivity contribution < 1.29 is 17.0 Å². The van der Waals surface area contributed by atoms with Gasteiger partial charge in [0, 0.05) is 0 Å². The first kappa shape index (κ1) is 17.1. The number of alkyl halides is 2. The molecule has 0 aromatic carbocycles. The van der Waals surface area contributed by atoms with Gasteiger partial charge in [-0.25, -0.2) is 0 Å². The SMILES string of the molecule is [Br-].[CH2-]CCCC(Cl)Cl.[Mg+2]. The molecule has 0 unspecified atom stereocenters. The number of unbranched alkanes of at least 4 members (excludes halogenated alkanes) is 1. The Morgan fingerprint density at radius 2 is 1.78 bits per heavy atom. The molecule has 0 aliphatic rings. The molecule has 0 amide bonds. The molecule has 0 N–H and O–H groups in total. The van der Waals surface area contributed by atoms with Crippen molar-refractivity contribution in [2.75, 3.05) is 0 Å². The largest absolute Gasteiger partial charge is 2.00 e. The molecule has 0 heterocycles. The van der Waals surface area contributed by atoms with Crippen LogP contribution in [-0.2, 0) is 0 Å². The molecule has 0 saturated heterocycles. The van der Waals surface area contributed by atoms with Crippen LogP contribution < -0.4 is 17.0 Å². The summed E-state index contributed by atoms with van der Waals surface area (Å²) in [4.78, 5) is -0.193. The molecule has 0 aliphatic heterocycles. The van der Waals surface area contributed by atoms with Crippen LogP contribution in [0.2, 0.25) is 0 Å². The van der Waals surface area contributed by atoms with Crippen LogP contribution >= 0.6 is 23.2 Å². The van der Waals surface area contributed by atoms with Gasteiger partial charge < -0.3 is 23.9 Å². The van der Waals surface area contributed by atoms with E-state index in [9.17, 15) is 0 Å². The molecule has 0 radical (unpaired) electrons. The van der Waals surface area contributed by atoms with Crippen molar-refractivity contribution in [3.8, 4) is 0 Å². The van der Waals surface area contributed by atoms with Crippen molar-refractivity contribution in [3.05, 3.63) is 6.92 Å². The molecule has 0 aromatic rings. The second-order valence-corrected chi connectivity index (χ2v) is 2.66. The summed E-state index contributed by atoms with van der Waals surface area (Å²) in [6.45, 7) is 3.64. The Morgan fingerprint density at radius 3 is 1.89 bits per heavy atom. The Labute approximate surface area is 93.6 Å². The summed E-state index contributed by atoms with van der Waals surface area (Å²) in [6.07, 6.45) is 2.82. The molecular weight excluding hydrogens is 235 g/mol. The molecule has 4 heteroatoms. The maximum atomic E-state index is 5.39. The number of rotatable bonds is 3. The summed E-state index contributed by atoms with van der Waals surface area (Å²) in [5.41, 5.74) is 0. The van der Waals surface area contributed by atoms with Crippen molar-refractivity contribution in [2.45, 2.75) is 24.1 Å². The Bertz CT molecular complexity index is 43.9. The normalized spacial score (nSPS) is 8.00. The summed E-state index contributed by atoms with van der Waals surface area (Å²) < 4.78 is 0. The van der Waals surface area contributed by atoms with Gasteiger partial charge in [0.1, 0.15) is 4.84 Å². The third kappa shape index (κ3) is 17.7. The van der Waals surface area contributed by atoms with Gasteiger partial charge in [-0.15, -0.1) is 23.2 Å². The molecule has 0 rings (SSSR count). The topological polar surface area (TPSA) is 0 Å². The van der Waals surface area contributed by atoms with Crippen LogP contribution in [0.15, 0.2) is 0 Å². The van der Waals surface area contributed by atoms with E-state index in [0.29, 0.717) is 0 Å². The number of halogens is 3. The van der Waals surface area contributed by atoms with Gasteiger partial charge in [-0.1, -0.05) is 6.42 Å². The Kier molecular flexibility index (Phi) is 23.7. The predicted octanol–water partition coefficient (Wildman–Crippen LogP) is -0.582. The van der Waals surface area contributed by atoms with Crippen LogP contribution in [0.25, 0.3) is 0 Å². The fourth-order valence-corrected chi connectivity index (χ4v) is 0.607. The molecule has 0 saturated carbocycles. The molecule has 0 aromatic heterocycles. The minimum atomic E-state index is -0.193. The van der Waals surface area contributed by atoms with E-state index >= 15 is 0 Å². The summed E-state index contributed by atoms with van der Waals surface area (Å²) in [5, 5.41) is 0. The van der Waals surface area contributed by atoms with Crippen molar-refractivity contribution in [3.63, 3.8) is 0 Å². The molecule has 0 atom stereocenters. The zero-order valence-corrected chi connectivity index (χ0v) is 9.76. The molecule has 0 bridgehead atoms. The van der Waals surface area contributed by atoms with E-state index in [0.717, 1.165) is 19.3 Å². The van der Waals surface area contributed by atoms with E-state index in [-0.39, 0.29) is 44.9 Å². The van der Waals surface area contributed by atoms with E-state index in [4.69, 9.17) is 23.2 Å². The minimum absolute atomic E-state index is 0. The monoisotopic (exact) mass is 242 g/mol. The summed E-state index contributed by atoms with van der Waals surface area (Å²) in [6, 6.07) is 0. The van der Waals surface area contributed by atoms with Gasteiger partial charge in [0.15, 0.2) is 0 Å². The van der Waals surface area contributed by atoms with Crippen molar-refractivity contribution in [1.29, 1.82) is 0 Å². The van der Waals surface area contributed by atoms with E-state index in [1.807, 2.05) is 0 Å². The fourth-order valence-electron chi connectivity index (χ4n) is 0.299. The summed E-state index contributed by atoms with van der Waals surface area (Å²) >= 11 is 10.8. The zero-order valence-electron chi connectivity index (χ0n) is 5.25. The van der Waals surface area contributed by atoms with Gasteiger partial charge in [-0.2, -0.15) is 6.42 Å². The average molecular weight is 244 g/mol. The van der Waals surface area contributed by atoms with Crippen LogP contribution in [-0.4, -0.2) is 27.9 Å². The average Bonchev–Trinajstić information content (AvgIpc) is 1.61.